The van der Waals surface area contributed by atoms with Crippen LogP contribution in [0.25, 0.3) is 0 Å². The zero-order chi connectivity index (χ0) is 22.3. The molecule has 2 aromatic carbocycles. The minimum absolute atomic E-state index is 0.0840. The highest BCUT2D eigenvalue weighted by atomic mass is 16.5. The fourth-order valence-electron chi connectivity index (χ4n) is 2.87. The molecule has 2 rings (SSSR count). The number of benzene rings is 2. The molecule has 0 radical (unpaired) electrons. The van der Waals surface area contributed by atoms with E-state index in [1.165, 1.54) is 0 Å². The lowest BCUT2D eigenvalue weighted by Gasteiger charge is -2.14. The second-order valence-corrected chi connectivity index (χ2v) is 7.05. The summed E-state index contributed by atoms with van der Waals surface area (Å²) in [5, 5.41) is 9.39. The standard InChI is InChI=1S/C24H34N4O3/c1-4-25-24(27-14-13-26-23(29)20-9-6-5-7-10-20)28-18-21-12-11-19(2)17-22(21)31-16-8-15-30-3/h5-7,9-12,17H,4,8,13-16,18H2,1-3H3,(H,26,29)(H2,25,27,28). The van der Waals surface area contributed by atoms with Crippen molar-refractivity contribution in [1.29, 1.82) is 0 Å². The van der Waals surface area contributed by atoms with E-state index >= 15 is 0 Å². The van der Waals surface area contributed by atoms with E-state index in [0.717, 1.165) is 29.8 Å². The van der Waals surface area contributed by atoms with Crippen LogP contribution in [0.5, 0.6) is 5.75 Å². The van der Waals surface area contributed by atoms with Crippen LogP contribution in [0.3, 0.4) is 0 Å². The number of carbonyl (C=O) groups is 1. The predicted octanol–water partition coefficient (Wildman–Crippen LogP) is 2.90. The molecule has 0 heterocycles. The largest absolute Gasteiger partial charge is 0.493 e. The molecule has 0 fully saturated rings. The van der Waals surface area contributed by atoms with Gasteiger partial charge in [-0.25, -0.2) is 4.99 Å². The van der Waals surface area contributed by atoms with Gasteiger partial charge in [-0.2, -0.15) is 0 Å². The molecular weight excluding hydrogens is 392 g/mol. The number of carbonyl (C=O) groups excluding carboxylic acids is 1. The van der Waals surface area contributed by atoms with E-state index in [1.807, 2.05) is 44.2 Å². The van der Waals surface area contributed by atoms with Crippen molar-refractivity contribution < 1.29 is 14.3 Å². The predicted molar refractivity (Wildman–Crippen MR) is 125 cm³/mol. The first kappa shape index (κ1) is 24.2. The van der Waals surface area contributed by atoms with Crippen LogP contribution in [0.15, 0.2) is 53.5 Å². The van der Waals surface area contributed by atoms with Crippen molar-refractivity contribution in [1.82, 2.24) is 16.0 Å². The Kier molecular flexibility index (Phi) is 11.0. The summed E-state index contributed by atoms with van der Waals surface area (Å²) in [7, 11) is 1.69. The maximum absolute atomic E-state index is 12.1. The number of guanidine groups is 1. The molecule has 0 bridgehead atoms. The van der Waals surface area contributed by atoms with E-state index in [-0.39, 0.29) is 5.91 Å². The summed E-state index contributed by atoms with van der Waals surface area (Å²) in [5.41, 5.74) is 2.83. The van der Waals surface area contributed by atoms with Gasteiger partial charge in [0.25, 0.3) is 5.91 Å². The van der Waals surface area contributed by atoms with Crippen molar-refractivity contribution in [3.8, 4) is 5.75 Å². The lowest BCUT2D eigenvalue weighted by molar-refractivity contribution is 0.0954. The number of nitrogens with zero attached hydrogens (tertiary/aromatic N) is 1. The lowest BCUT2D eigenvalue weighted by Crippen LogP contribution is -2.41. The average molecular weight is 427 g/mol. The van der Waals surface area contributed by atoms with Gasteiger partial charge in [-0.1, -0.05) is 30.3 Å². The Morgan fingerprint density at radius 1 is 1.00 bits per heavy atom. The van der Waals surface area contributed by atoms with E-state index < -0.39 is 0 Å². The van der Waals surface area contributed by atoms with Gasteiger partial charge in [-0.05, 0) is 37.6 Å². The van der Waals surface area contributed by atoms with Crippen LogP contribution in [0.1, 0.15) is 34.8 Å². The van der Waals surface area contributed by atoms with Crippen molar-refractivity contribution in [2.45, 2.75) is 26.8 Å². The number of ether oxygens (including phenoxy) is 2. The maximum atomic E-state index is 12.1. The third-order valence-electron chi connectivity index (χ3n) is 4.46. The molecule has 0 saturated heterocycles. The Bertz CT molecular complexity index is 825. The minimum Gasteiger partial charge on any atom is -0.493 e. The van der Waals surface area contributed by atoms with Crippen LogP contribution >= 0.6 is 0 Å². The molecule has 0 aromatic heterocycles. The molecule has 0 aliphatic rings. The second kappa shape index (κ2) is 14.0. The minimum atomic E-state index is -0.0840. The Morgan fingerprint density at radius 2 is 1.77 bits per heavy atom. The highest BCUT2D eigenvalue weighted by molar-refractivity contribution is 5.94. The average Bonchev–Trinajstić information content (AvgIpc) is 2.79. The smallest absolute Gasteiger partial charge is 0.251 e. The molecule has 0 spiro atoms. The van der Waals surface area contributed by atoms with E-state index in [2.05, 4.69) is 27.0 Å². The molecule has 7 nitrogen and oxygen atoms in total. The first-order valence-corrected chi connectivity index (χ1v) is 10.7. The topological polar surface area (TPSA) is 84.0 Å². The Balaban J connectivity index is 1.88. The highest BCUT2D eigenvalue weighted by Gasteiger charge is 2.06. The molecule has 0 atom stereocenters. The van der Waals surface area contributed by atoms with Crippen LogP contribution in [0.4, 0.5) is 0 Å². The summed E-state index contributed by atoms with van der Waals surface area (Å²) in [6.07, 6.45) is 0.839. The van der Waals surface area contributed by atoms with Gasteiger partial charge >= 0.3 is 0 Å². The fourth-order valence-corrected chi connectivity index (χ4v) is 2.87. The van der Waals surface area contributed by atoms with Crippen LogP contribution in [0, 0.1) is 6.92 Å². The number of rotatable bonds is 12. The molecule has 0 aliphatic carbocycles. The monoisotopic (exact) mass is 426 g/mol. The number of hydrogen-bond donors (Lipinski definition) is 3. The van der Waals surface area contributed by atoms with Crippen molar-refractivity contribution in [3.05, 3.63) is 65.2 Å². The molecule has 0 aliphatic heterocycles. The van der Waals surface area contributed by atoms with Crippen LogP contribution < -0.4 is 20.7 Å². The van der Waals surface area contributed by atoms with E-state index in [1.54, 1.807) is 19.2 Å². The van der Waals surface area contributed by atoms with Crippen molar-refractivity contribution in [2.75, 3.05) is 40.0 Å². The van der Waals surface area contributed by atoms with Gasteiger partial charge in [-0.15, -0.1) is 0 Å². The van der Waals surface area contributed by atoms with Crippen LogP contribution in [-0.4, -0.2) is 51.8 Å². The molecule has 7 heteroatoms. The molecular formula is C24H34N4O3. The second-order valence-electron chi connectivity index (χ2n) is 7.05. The Morgan fingerprint density at radius 3 is 2.52 bits per heavy atom. The maximum Gasteiger partial charge on any atom is 0.251 e. The number of aryl methyl sites for hydroxylation is 1. The van der Waals surface area contributed by atoms with Crippen molar-refractivity contribution in [3.63, 3.8) is 0 Å². The summed E-state index contributed by atoms with van der Waals surface area (Å²) in [6, 6.07) is 15.3. The van der Waals surface area contributed by atoms with Gasteiger partial charge in [0.15, 0.2) is 5.96 Å². The SMILES string of the molecule is CCNC(=NCc1ccc(C)cc1OCCCOC)NCCNC(=O)c1ccccc1. The molecule has 31 heavy (non-hydrogen) atoms. The van der Waals surface area contributed by atoms with Gasteiger partial charge in [0, 0.05) is 50.9 Å². The van der Waals surface area contributed by atoms with Gasteiger partial charge < -0.3 is 25.4 Å². The van der Waals surface area contributed by atoms with Crippen LogP contribution in [-0.2, 0) is 11.3 Å². The Hall–Kier alpha value is -3.06. The first-order chi connectivity index (χ1) is 15.1. The molecule has 0 unspecified atom stereocenters. The van der Waals surface area contributed by atoms with Gasteiger partial charge in [0.2, 0.25) is 0 Å². The van der Waals surface area contributed by atoms with E-state index in [9.17, 15) is 4.79 Å². The summed E-state index contributed by atoms with van der Waals surface area (Å²) in [5.74, 6) is 1.47. The zero-order valence-corrected chi connectivity index (χ0v) is 18.7. The molecule has 3 N–H and O–H groups in total. The number of nitrogens with one attached hydrogen (secondary N) is 3. The third-order valence-corrected chi connectivity index (χ3v) is 4.46. The summed E-state index contributed by atoms with van der Waals surface area (Å²) in [6.45, 7) is 7.65. The number of hydrogen-bond acceptors (Lipinski definition) is 4. The summed E-state index contributed by atoms with van der Waals surface area (Å²) < 4.78 is 11.0. The van der Waals surface area contributed by atoms with E-state index in [0.29, 0.717) is 44.4 Å². The molecule has 1 amide bonds. The van der Waals surface area contributed by atoms with Gasteiger partial charge in [0.05, 0.1) is 13.2 Å². The van der Waals surface area contributed by atoms with E-state index in [4.69, 9.17) is 9.47 Å². The molecule has 2 aromatic rings. The highest BCUT2D eigenvalue weighted by Crippen LogP contribution is 2.21. The third kappa shape index (κ3) is 9.09. The number of methoxy groups -OCH3 is 1. The molecule has 0 saturated carbocycles. The van der Waals surface area contributed by atoms with Gasteiger partial charge in [0.1, 0.15) is 5.75 Å². The Labute approximate surface area is 185 Å². The zero-order valence-electron chi connectivity index (χ0n) is 18.7. The van der Waals surface area contributed by atoms with Gasteiger partial charge in [-0.3, -0.25) is 4.79 Å². The number of aliphatic imine (C=N–C) groups is 1. The quantitative estimate of drug-likeness (QED) is 0.276. The molecule has 168 valence electrons. The lowest BCUT2D eigenvalue weighted by atomic mass is 10.1. The van der Waals surface area contributed by atoms with Crippen molar-refractivity contribution in [2.24, 2.45) is 4.99 Å². The number of amides is 1. The van der Waals surface area contributed by atoms with Crippen LogP contribution in [0.2, 0.25) is 0 Å². The summed E-state index contributed by atoms with van der Waals surface area (Å²) >= 11 is 0. The fraction of sp³-hybridized carbons (Fsp3) is 0.417. The first-order valence-electron chi connectivity index (χ1n) is 10.7. The van der Waals surface area contributed by atoms with Crippen molar-refractivity contribution >= 4 is 11.9 Å². The normalized spacial score (nSPS) is 11.1. The summed E-state index contributed by atoms with van der Waals surface area (Å²) in [4.78, 5) is 16.8.